The molecule has 0 heterocycles. The number of aliphatic hydroxyl groups is 2. The van der Waals surface area contributed by atoms with Crippen molar-refractivity contribution in [1.29, 1.82) is 0 Å². The highest BCUT2D eigenvalue weighted by Crippen LogP contribution is 2.09. The molecule has 7 nitrogen and oxygen atoms in total. The number of unbranched alkanes of at least 4 members (excludes halogenated alkanes) is 7. The van der Waals surface area contributed by atoms with Crippen LogP contribution in [0.4, 0.5) is 0 Å². The molecule has 0 aliphatic heterocycles. The zero-order valence-corrected chi connectivity index (χ0v) is 13.8. The first-order chi connectivity index (χ1) is 10.7. The molecule has 0 amide bonds. The Morgan fingerprint density at radius 1 is 0.864 bits per heavy atom. The Hall–Kier alpha value is -0.730. The van der Waals surface area contributed by atoms with Crippen molar-refractivity contribution in [3.05, 3.63) is 0 Å². The smallest absolute Gasteiger partial charge is 0.303 e. The van der Waals surface area contributed by atoms with Crippen LogP contribution in [0, 0.1) is 0 Å². The number of rotatable bonds is 15. The highest BCUT2D eigenvalue weighted by molar-refractivity contribution is 5.66. The van der Waals surface area contributed by atoms with Crippen molar-refractivity contribution in [3.8, 4) is 0 Å². The molecule has 0 aliphatic carbocycles. The van der Waals surface area contributed by atoms with Gasteiger partial charge in [0.05, 0.1) is 26.4 Å². The second kappa shape index (κ2) is 22.5. The lowest BCUT2D eigenvalue weighted by Crippen LogP contribution is -2.19. The SMILES string of the molecule is CCCCCCCCCCC(=O)O.OCCONOCCO. The third-order valence-corrected chi connectivity index (χ3v) is 2.75. The van der Waals surface area contributed by atoms with Gasteiger partial charge in [-0.3, -0.25) is 14.5 Å². The number of hydrogen-bond acceptors (Lipinski definition) is 6. The standard InChI is InChI=1S/C11H22O2.C4H11NO4/c1-2-3-4-5-6-7-8-9-10-11(12)13;6-1-3-8-5-9-4-2-7/h2-10H2,1H3,(H,12,13);5-7H,1-4H2. The third kappa shape index (κ3) is 27.6. The molecule has 0 aromatic heterocycles. The van der Waals surface area contributed by atoms with Gasteiger partial charge >= 0.3 is 5.97 Å². The Morgan fingerprint density at radius 3 is 1.73 bits per heavy atom. The fourth-order valence-electron chi connectivity index (χ4n) is 1.63. The normalized spacial score (nSPS) is 10.1. The number of aliphatic carboxylic acids is 1. The maximum absolute atomic E-state index is 10.2. The van der Waals surface area contributed by atoms with E-state index in [2.05, 4.69) is 22.2 Å². The van der Waals surface area contributed by atoms with Crippen LogP contribution in [0.25, 0.3) is 0 Å². The van der Waals surface area contributed by atoms with Crippen LogP contribution in [0.3, 0.4) is 0 Å². The van der Waals surface area contributed by atoms with Gasteiger partial charge in [0.1, 0.15) is 0 Å². The average Bonchev–Trinajstić information content (AvgIpc) is 2.50. The van der Waals surface area contributed by atoms with Crippen molar-refractivity contribution in [2.24, 2.45) is 0 Å². The summed E-state index contributed by atoms with van der Waals surface area (Å²) < 4.78 is 0. The molecule has 134 valence electrons. The first-order valence-electron chi connectivity index (χ1n) is 8.11. The maximum atomic E-state index is 10.2. The average molecular weight is 323 g/mol. The molecule has 0 bridgehead atoms. The van der Waals surface area contributed by atoms with E-state index in [1.807, 2.05) is 0 Å². The van der Waals surface area contributed by atoms with Gasteiger partial charge in [0.2, 0.25) is 0 Å². The summed E-state index contributed by atoms with van der Waals surface area (Å²) in [4.78, 5) is 19.1. The summed E-state index contributed by atoms with van der Waals surface area (Å²) >= 11 is 0. The van der Waals surface area contributed by atoms with Crippen molar-refractivity contribution in [3.63, 3.8) is 0 Å². The number of hydrogen-bond donors (Lipinski definition) is 4. The van der Waals surface area contributed by atoms with Crippen LogP contribution in [-0.4, -0.2) is 47.7 Å². The van der Waals surface area contributed by atoms with Gasteiger partial charge in [-0.05, 0) is 6.42 Å². The predicted molar refractivity (Wildman–Crippen MR) is 84.1 cm³/mol. The Balaban J connectivity index is 0. The highest BCUT2D eigenvalue weighted by Gasteiger charge is 1.96. The van der Waals surface area contributed by atoms with Crippen molar-refractivity contribution >= 4 is 5.97 Å². The first kappa shape index (κ1) is 23.5. The summed E-state index contributed by atoms with van der Waals surface area (Å²) in [6.45, 7) is 2.44. The van der Waals surface area contributed by atoms with E-state index >= 15 is 0 Å². The van der Waals surface area contributed by atoms with Crippen LogP contribution in [0.2, 0.25) is 0 Å². The number of carboxylic acid groups (broad SMARTS) is 1. The highest BCUT2D eigenvalue weighted by atomic mass is 16.9. The summed E-state index contributed by atoms with van der Waals surface area (Å²) in [5.41, 5.74) is 2.07. The molecule has 22 heavy (non-hydrogen) atoms. The van der Waals surface area contributed by atoms with Crippen LogP contribution < -0.4 is 5.64 Å². The van der Waals surface area contributed by atoms with E-state index < -0.39 is 5.97 Å². The van der Waals surface area contributed by atoms with E-state index in [4.69, 9.17) is 15.3 Å². The molecule has 0 aromatic carbocycles. The number of carbonyl (C=O) groups is 1. The number of aliphatic hydroxyl groups excluding tert-OH is 2. The van der Waals surface area contributed by atoms with Crippen LogP contribution in [0.15, 0.2) is 0 Å². The van der Waals surface area contributed by atoms with E-state index in [0.29, 0.717) is 6.42 Å². The topological polar surface area (TPSA) is 108 Å². The zero-order valence-electron chi connectivity index (χ0n) is 13.8. The maximum Gasteiger partial charge on any atom is 0.303 e. The molecule has 0 rings (SSSR count). The van der Waals surface area contributed by atoms with Crippen molar-refractivity contribution in [2.75, 3.05) is 26.4 Å². The van der Waals surface area contributed by atoms with E-state index in [0.717, 1.165) is 12.8 Å². The molecule has 7 heteroatoms. The summed E-state index contributed by atoms with van der Waals surface area (Å²) in [5, 5.41) is 24.7. The van der Waals surface area contributed by atoms with Crippen molar-refractivity contribution < 1.29 is 29.8 Å². The van der Waals surface area contributed by atoms with E-state index in [1.54, 1.807) is 0 Å². The fourth-order valence-corrected chi connectivity index (χ4v) is 1.63. The van der Waals surface area contributed by atoms with E-state index in [-0.39, 0.29) is 26.4 Å². The van der Waals surface area contributed by atoms with Gasteiger partial charge in [0.25, 0.3) is 0 Å². The second-order valence-electron chi connectivity index (χ2n) is 4.85. The molecule has 0 unspecified atom stereocenters. The quantitative estimate of drug-likeness (QED) is 0.270. The molecule has 0 aliphatic rings. The summed E-state index contributed by atoms with van der Waals surface area (Å²) in [7, 11) is 0. The van der Waals surface area contributed by atoms with E-state index in [1.165, 1.54) is 38.5 Å². The van der Waals surface area contributed by atoms with E-state index in [9.17, 15) is 4.79 Å². The van der Waals surface area contributed by atoms with Gasteiger partial charge in [0.15, 0.2) is 0 Å². The van der Waals surface area contributed by atoms with Gasteiger partial charge in [-0.25, -0.2) is 0 Å². The van der Waals surface area contributed by atoms with Crippen LogP contribution in [-0.2, 0) is 14.5 Å². The van der Waals surface area contributed by atoms with Crippen LogP contribution >= 0.6 is 0 Å². The number of carboxylic acids is 1. The molecule has 0 atom stereocenters. The Bertz CT molecular complexity index is 210. The molecule has 0 saturated heterocycles. The minimum absolute atomic E-state index is 0.0600. The minimum atomic E-state index is -0.661. The molecular weight excluding hydrogens is 290 g/mol. The second-order valence-corrected chi connectivity index (χ2v) is 4.85. The monoisotopic (exact) mass is 323 g/mol. The molecular formula is C15H33NO6. The molecule has 0 fully saturated rings. The Labute approximate surface area is 133 Å². The van der Waals surface area contributed by atoms with Gasteiger partial charge in [-0.1, -0.05) is 57.5 Å². The predicted octanol–water partition coefficient (Wildman–Crippen LogP) is 2.03. The molecule has 0 radical (unpaired) electrons. The van der Waals surface area contributed by atoms with Crippen molar-refractivity contribution in [2.45, 2.75) is 64.7 Å². The van der Waals surface area contributed by atoms with Gasteiger partial charge in [-0.2, -0.15) is 0 Å². The summed E-state index contributed by atoms with van der Waals surface area (Å²) in [6.07, 6.45) is 10.1. The van der Waals surface area contributed by atoms with Gasteiger partial charge in [0, 0.05) is 6.42 Å². The lowest BCUT2D eigenvalue weighted by Gasteiger charge is -2.01. The van der Waals surface area contributed by atoms with Gasteiger partial charge < -0.3 is 15.3 Å². The number of nitrogens with one attached hydrogen (secondary N) is 1. The van der Waals surface area contributed by atoms with Crippen molar-refractivity contribution in [1.82, 2.24) is 5.64 Å². The van der Waals surface area contributed by atoms with Gasteiger partial charge in [-0.15, -0.1) is 0 Å². The lowest BCUT2D eigenvalue weighted by atomic mass is 10.1. The Kier molecular flexibility index (Phi) is 24.1. The molecule has 4 N–H and O–H groups in total. The fraction of sp³-hybridized carbons (Fsp3) is 0.933. The third-order valence-electron chi connectivity index (χ3n) is 2.75. The zero-order chi connectivity index (χ0) is 16.9. The summed E-state index contributed by atoms with van der Waals surface area (Å²) in [6, 6.07) is 0. The molecule has 0 aromatic rings. The lowest BCUT2D eigenvalue weighted by molar-refractivity contribution is -0.178. The largest absolute Gasteiger partial charge is 0.481 e. The molecule has 0 spiro atoms. The summed E-state index contributed by atoms with van der Waals surface area (Å²) in [5.74, 6) is -0.661. The minimum Gasteiger partial charge on any atom is -0.481 e. The Morgan fingerprint density at radius 2 is 1.32 bits per heavy atom. The first-order valence-corrected chi connectivity index (χ1v) is 8.11. The molecule has 0 saturated carbocycles. The van der Waals surface area contributed by atoms with Crippen LogP contribution in [0.1, 0.15) is 64.7 Å². The van der Waals surface area contributed by atoms with Crippen LogP contribution in [0.5, 0.6) is 0 Å².